The molecule has 0 saturated carbocycles. The summed E-state index contributed by atoms with van der Waals surface area (Å²) in [6.45, 7) is 5.39. The molecule has 24 heavy (non-hydrogen) atoms. The molecule has 3 amide bonds. The summed E-state index contributed by atoms with van der Waals surface area (Å²) in [5.41, 5.74) is 0.553. The topological polar surface area (TPSA) is 101 Å². The SMILES string of the molecule is CCCCNC(=O)Nc1cn(CC)nc1C(=O)NCc1ccco1. The highest BCUT2D eigenvalue weighted by Crippen LogP contribution is 2.14. The molecule has 2 rings (SSSR count). The lowest BCUT2D eigenvalue weighted by molar-refractivity contribution is 0.0943. The van der Waals surface area contributed by atoms with Crippen LogP contribution in [-0.4, -0.2) is 28.3 Å². The van der Waals surface area contributed by atoms with Crippen LogP contribution in [0.2, 0.25) is 0 Å². The highest BCUT2D eigenvalue weighted by Gasteiger charge is 2.18. The van der Waals surface area contributed by atoms with E-state index in [0.29, 0.717) is 24.5 Å². The second-order valence-electron chi connectivity index (χ2n) is 5.24. The van der Waals surface area contributed by atoms with Gasteiger partial charge in [0.1, 0.15) is 5.76 Å². The molecule has 2 aromatic rings. The van der Waals surface area contributed by atoms with E-state index in [-0.39, 0.29) is 24.2 Å². The summed E-state index contributed by atoms with van der Waals surface area (Å²) in [5.74, 6) is 0.271. The Labute approximate surface area is 140 Å². The first-order chi connectivity index (χ1) is 11.6. The summed E-state index contributed by atoms with van der Waals surface area (Å²) in [6.07, 6.45) is 5.08. The molecule has 0 aliphatic rings. The highest BCUT2D eigenvalue weighted by atomic mass is 16.3. The smallest absolute Gasteiger partial charge is 0.319 e. The number of carbonyl (C=O) groups excluding carboxylic acids is 2. The van der Waals surface area contributed by atoms with Gasteiger partial charge in [-0.3, -0.25) is 9.48 Å². The van der Waals surface area contributed by atoms with Crippen LogP contribution < -0.4 is 16.0 Å². The molecule has 0 unspecified atom stereocenters. The monoisotopic (exact) mass is 333 g/mol. The fourth-order valence-corrected chi connectivity index (χ4v) is 2.05. The number of anilines is 1. The number of urea groups is 1. The Morgan fingerprint density at radius 2 is 2.12 bits per heavy atom. The normalized spacial score (nSPS) is 10.4. The third-order valence-electron chi connectivity index (χ3n) is 3.37. The van der Waals surface area contributed by atoms with Gasteiger partial charge in [-0.1, -0.05) is 13.3 Å². The van der Waals surface area contributed by atoms with E-state index in [9.17, 15) is 9.59 Å². The molecule has 8 nitrogen and oxygen atoms in total. The molecule has 0 fully saturated rings. The van der Waals surface area contributed by atoms with Gasteiger partial charge in [0.25, 0.3) is 5.91 Å². The van der Waals surface area contributed by atoms with Crippen molar-refractivity contribution in [2.75, 3.05) is 11.9 Å². The highest BCUT2D eigenvalue weighted by molar-refractivity contribution is 6.01. The quantitative estimate of drug-likeness (QED) is 0.645. The second-order valence-corrected chi connectivity index (χ2v) is 5.24. The minimum absolute atomic E-state index is 0.175. The molecule has 0 aliphatic heterocycles. The Morgan fingerprint density at radius 1 is 1.29 bits per heavy atom. The molecule has 0 bridgehead atoms. The zero-order valence-corrected chi connectivity index (χ0v) is 14.0. The largest absolute Gasteiger partial charge is 0.467 e. The molecule has 2 aromatic heterocycles. The number of nitrogens with zero attached hydrogens (tertiary/aromatic N) is 2. The predicted molar refractivity (Wildman–Crippen MR) is 89.7 cm³/mol. The number of aromatic nitrogens is 2. The Balaban J connectivity index is 2.00. The molecule has 3 N–H and O–H groups in total. The maximum atomic E-state index is 12.3. The Kier molecular flexibility index (Phi) is 6.41. The van der Waals surface area contributed by atoms with Gasteiger partial charge < -0.3 is 20.4 Å². The Hall–Kier alpha value is -2.77. The molecular formula is C16H23N5O3. The molecule has 8 heteroatoms. The first-order valence-electron chi connectivity index (χ1n) is 8.06. The van der Waals surface area contributed by atoms with E-state index >= 15 is 0 Å². The van der Waals surface area contributed by atoms with Crippen molar-refractivity contribution in [3.8, 4) is 0 Å². The van der Waals surface area contributed by atoms with E-state index in [4.69, 9.17) is 4.42 Å². The third kappa shape index (κ3) is 4.87. The zero-order chi connectivity index (χ0) is 17.4. The average molecular weight is 333 g/mol. The number of furan rings is 1. The van der Waals surface area contributed by atoms with Crippen LogP contribution in [0.15, 0.2) is 29.0 Å². The van der Waals surface area contributed by atoms with Crippen molar-refractivity contribution in [1.29, 1.82) is 0 Å². The maximum absolute atomic E-state index is 12.3. The lowest BCUT2D eigenvalue weighted by Crippen LogP contribution is -2.31. The summed E-state index contributed by atoms with van der Waals surface area (Å²) in [4.78, 5) is 24.2. The minimum atomic E-state index is -0.373. The Bertz CT molecular complexity index is 663. The van der Waals surface area contributed by atoms with Crippen LogP contribution in [0, 0.1) is 0 Å². The number of carbonyl (C=O) groups is 2. The predicted octanol–water partition coefficient (Wildman–Crippen LogP) is 2.35. The number of hydrogen-bond acceptors (Lipinski definition) is 4. The van der Waals surface area contributed by atoms with Crippen molar-refractivity contribution in [1.82, 2.24) is 20.4 Å². The van der Waals surface area contributed by atoms with E-state index in [1.165, 1.54) is 0 Å². The molecule has 0 aliphatic carbocycles. The van der Waals surface area contributed by atoms with E-state index in [2.05, 4.69) is 21.0 Å². The fraction of sp³-hybridized carbons (Fsp3) is 0.438. The third-order valence-corrected chi connectivity index (χ3v) is 3.37. The van der Waals surface area contributed by atoms with Crippen LogP contribution in [0.25, 0.3) is 0 Å². The van der Waals surface area contributed by atoms with Gasteiger partial charge in [0.2, 0.25) is 0 Å². The molecule has 0 spiro atoms. The van der Waals surface area contributed by atoms with Crippen molar-refractivity contribution in [2.24, 2.45) is 0 Å². The summed E-state index contributed by atoms with van der Waals surface area (Å²) >= 11 is 0. The second kappa shape index (κ2) is 8.76. The van der Waals surface area contributed by atoms with Crippen LogP contribution in [0.3, 0.4) is 0 Å². The number of amides is 3. The summed E-state index contributed by atoms with van der Waals surface area (Å²) in [7, 11) is 0. The number of rotatable bonds is 8. The number of nitrogens with one attached hydrogen (secondary N) is 3. The van der Waals surface area contributed by atoms with Gasteiger partial charge in [0.15, 0.2) is 5.69 Å². The summed E-state index contributed by atoms with van der Waals surface area (Å²) in [6, 6.07) is 3.17. The Morgan fingerprint density at radius 3 is 2.79 bits per heavy atom. The summed E-state index contributed by atoms with van der Waals surface area (Å²) < 4.78 is 6.78. The van der Waals surface area contributed by atoms with E-state index < -0.39 is 0 Å². The maximum Gasteiger partial charge on any atom is 0.319 e. The van der Waals surface area contributed by atoms with Crippen molar-refractivity contribution < 1.29 is 14.0 Å². The van der Waals surface area contributed by atoms with Crippen molar-refractivity contribution >= 4 is 17.6 Å². The number of unbranched alkanes of at least 4 members (excludes halogenated alkanes) is 1. The van der Waals surface area contributed by atoms with Gasteiger partial charge in [0.05, 0.1) is 18.5 Å². The van der Waals surface area contributed by atoms with Gasteiger partial charge >= 0.3 is 6.03 Å². The molecule has 2 heterocycles. The van der Waals surface area contributed by atoms with Gasteiger partial charge in [-0.25, -0.2) is 4.79 Å². The van der Waals surface area contributed by atoms with Crippen LogP contribution in [0.4, 0.5) is 10.5 Å². The van der Waals surface area contributed by atoms with Crippen LogP contribution in [0.1, 0.15) is 42.9 Å². The van der Waals surface area contributed by atoms with Gasteiger partial charge in [0, 0.05) is 19.3 Å². The molecule has 130 valence electrons. The lowest BCUT2D eigenvalue weighted by Gasteiger charge is -2.07. The molecular weight excluding hydrogens is 310 g/mol. The van der Waals surface area contributed by atoms with Crippen LogP contribution in [-0.2, 0) is 13.1 Å². The average Bonchev–Trinajstić information content (AvgIpc) is 3.22. The molecule has 0 atom stereocenters. The molecule has 0 saturated heterocycles. The van der Waals surface area contributed by atoms with Crippen molar-refractivity contribution in [2.45, 2.75) is 39.8 Å². The molecule has 0 aromatic carbocycles. The zero-order valence-electron chi connectivity index (χ0n) is 14.0. The lowest BCUT2D eigenvalue weighted by atomic mass is 10.3. The van der Waals surface area contributed by atoms with E-state index in [0.717, 1.165) is 12.8 Å². The summed E-state index contributed by atoms with van der Waals surface area (Å²) in [5, 5.41) is 12.4. The van der Waals surface area contributed by atoms with Crippen LogP contribution >= 0.6 is 0 Å². The van der Waals surface area contributed by atoms with Crippen LogP contribution in [0.5, 0.6) is 0 Å². The minimum Gasteiger partial charge on any atom is -0.467 e. The standard InChI is InChI=1S/C16H23N5O3/c1-3-5-8-17-16(23)19-13-11-21(4-2)20-14(13)15(22)18-10-12-7-6-9-24-12/h6-7,9,11H,3-5,8,10H2,1-2H3,(H,18,22)(H2,17,19,23). The molecule has 0 radical (unpaired) electrons. The van der Waals surface area contributed by atoms with Gasteiger partial charge in [-0.05, 0) is 25.5 Å². The van der Waals surface area contributed by atoms with Gasteiger partial charge in [-0.15, -0.1) is 0 Å². The fourth-order valence-electron chi connectivity index (χ4n) is 2.05. The van der Waals surface area contributed by atoms with E-state index in [1.54, 1.807) is 29.3 Å². The van der Waals surface area contributed by atoms with E-state index in [1.807, 2.05) is 13.8 Å². The number of hydrogen-bond donors (Lipinski definition) is 3. The number of aryl methyl sites for hydroxylation is 1. The van der Waals surface area contributed by atoms with Crippen molar-refractivity contribution in [3.05, 3.63) is 36.0 Å². The first kappa shape index (κ1) is 17.6. The first-order valence-corrected chi connectivity index (χ1v) is 8.06. The van der Waals surface area contributed by atoms with Crippen molar-refractivity contribution in [3.63, 3.8) is 0 Å². The van der Waals surface area contributed by atoms with Gasteiger partial charge in [-0.2, -0.15) is 5.10 Å².